The molecule has 0 heterocycles. The van der Waals surface area contributed by atoms with Crippen LogP contribution in [0.3, 0.4) is 0 Å². The molecule has 0 saturated heterocycles. The number of halogens is 2. The van der Waals surface area contributed by atoms with Gasteiger partial charge in [0.2, 0.25) is 0 Å². The molecule has 0 unspecified atom stereocenters. The third-order valence-electron chi connectivity index (χ3n) is 5.78. The van der Waals surface area contributed by atoms with Crippen molar-refractivity contribution in [1.82, 2.24) is 0 Å². The summed E-state index contributed by atoms with van der Waals surface area (Å²) in [6, 6.07) is 24.5. The summed E-state index contributed by atoms with van der Waals surface area (Å²) >= 11 is -0.556. The molecule has 0 aliphatic rings. The van der Waals surface area contributed by atoms with E-state index in [1.165, 1.54) is 70.7 Å². The van der Waals surface area contributed by atoms with E-state index in [1.54, 1.807) is 5.30 Å². The summed E-state index contributed by atoms with van der Waals surface area (Å²) in [6.07, 6.45) is 8.26. The van der Waals surface area contributed by atoms with Crippen LogP contribution in [0.1, 0.15) is 50.7 Å². The minimum absolute atomic E-state index is 0.0856. The first-order valence-electron chi connectivity index (χ1n) is 11.5. The van der Waals surface area contributed by atoms with E-state index < -0.39 is 17.0 Å². The predicted molar refractivity (Wildman–Crippen MR) is 146 cm³/mol. The maximum atomic E-state index is 4.89. The third-order valence-corrected chi connectivity index (χ3v) is 8.48. The van der Waals surface area contributed by atoms with Gasteiger partial charge >= 0.3 is 35.6 Å². The minimum atomic E-state index is -0.556. The SMILES string of the molecule is CCCCP(CCCC)c1cc2ccccc2[cH-]1.Cc1ccc(C)c2[cH-]ccc12.[Cl][Ti][Cl]. The van der Waals surface area contributed by atoms with Crippen LogP contribution in [0.25, 0.3) is 21.5 Å². The first-order valence-corrected chi connectivity index (χ1v) is 17.5. The zero-order chi connectivity index (χ0) is 23.3. The molecule has 4 rings (SSSR count). The second-order valence-electron chi connectivity index (χ2n) is 8.16. The van der Waals surface area contributed by atoms with E-state index in [4.69, 9.17) is 18.6 Å². The number of unbranched alkanes of at least 4 members (excludes halogenated alkanes) is 2. The summed E-state index contributed by atoms with van der Waals surface area (Å²) in [5.41, 5.74) is 2.74. The van der Waals surface area contributed by atoms with Gasteiger partial charge in [0.25, 0.3) is 0 Å². The van der Waals surface area contributed by atoms with E-state index in [0.29, 0.717) is 0 Å². The number of rotatable bonds is 7. The zero-order valence-corrected chi connectivity index (χ0v) is 23.8. The van der Waals surface area contributed by atoms with Crippen LogP contribution in [-0.4, -0.2) is 12.3 Å². The molecule has 4 aromatic rings. The van der Waals surface area contributed by atoms with E-state index >= 15 is 0 Å². The molecule has 0 aliphatic carbocycles. The van der Waals surface area contributed by atoms with E-state index in [1.807, 2.05) is 0 Å². The van der Waals surface area contributed by atoms with E-state index in [2.05, 4.69) is 94.4 Å². The van der Waals surface area contributed by atoms with E-state index in [-0.39, 0.29) is 7.92 Å². The van der Waals surface area contributed by atoms with Crippen LogP contribution in [-0.2, 0) is 17.0 Å². The van der Waals surface area contributed by atoms with E-state index in [0.717, 1.165) is 0 Å². The zero-order valence-electron chi connectivity index (χ0n) is 19.8. The summed E-state index contributed by atoms with van der Waals surface area (Å²) in [6.45, 7) is 8.91. The average molecular weight is 521 g/mol. The van der Waals surface area contributed by atoms with Gasteiger partial charge in [-0.1, -0.05) is 59.2 Å². The van der Waals surface area contributed by atoms with Crippen molar-refractivity contribution in [2.24, 2.45) is 0 Å². The molecule has 0 saturated carbocycles. The van der Waals surface area contributed by atoms with Crippen molar-refractivity contribution in [2.75, 3.05) is 12.3 Å². The molecule has 0 radical (unpaired) electrons. The molecule has 0 N–H and O–H groups in total. The first kappa shape index (κ1) is 27.6. The second kappa shape index (κ2) is 15.3. The van der Waals surface area contributed by atoms with Crippen molar-refractivity contribution < 1.29 is 17.0 Å². The Balaban J connectivity index is 0.000000220. The standard InChI is InChI=1S/C17H24P.C11H11.2ClH.Ti/c1-3-5-11-18(12-6-4-2)17-13-15-9-7-8-10-16(15)14-17;1-8-6-7-9(2)11-5-3-4-10(8)11;;;/h7-10,13-14H,3-6,11-12H2,1-2H3;3-7H,1-2H3;2*1H;/q2*-1;;;+2/p-2. The molecule has 0 nitrogen and oxygen atoms in total. The molecule has 4 heteroatoms. The van der Waals surface area contributed by atoms with Crippen LogP contribution in [0, 0.1) is 13.8 Å². The predicted octanol–water partition coefficient (Wildman–Crippen LogP) is 9.82. The summed E-state index contributed by atoms with van der Waals surface area (Å²) in [4.78, 5) is 0. The number of aryl methyl sites for hydroxylation is 2. The van der Waals surface area contributed by atoms with Crippen LogP contribution in [0.4, 0.5) is 0 Å². The molecule has 0 spiro atoms. The van der Waals surface area contributed by atoms with E-state index in [9.17, 15) is 0 Å². The Morgan fingerprint density at radius 1 is 0.875 bits per heavy atom. The molecule has 32 heavy (non-hydrogen) atoms. The third kappa shape index (κ3) is 8.31. The molecule has 4 aromatic carbocycles. The van der Waals surface area contributed by atoms with Gasteiger partial charge in [-0.05, 0) is 32.1 Å². The Bertz CT molecular complexity index is 973. The monoisotopic (exact) mass is 520 g/mol. The molecule has 0 atom stereocenters. The molecule has 0 aromatic heterocycles. The fourth-order valence-corrected chi connectivity index (χ4v) is 6.70. The Hall–Kier alpha value is -0.616. The van der Waals surface area contributed by atoms with Crippen molar-refractivity contribution in [2.45, 2.75) is 53.4 Å². The van der Waals surface area contributed by atoms with Gasteiger partial charge in [-0.3, -0.25) is 0 Å². The second-order valence-corrected chi connectivity index (χ2v) is 13.2. The molecule has 0 amide bonds. The molecule has 172 valence electrons. The molecule has 0 fully saturated rings. The van der Waals surface area contributed by atoms with Crippen molar-refractivity contribution in [3.05, 3.63) is 77.9 Å². The topological polar surface area (TPSA) is 0 Å². The van der Waals surface area contributed by atoms with Crippen LogP contribution in [0.15, 0.2) is 66.7 Å². The number of hydrogen-bond acceptors (Lipinski definition) is 0. The van der Waals surface area contributed by atoms with Gasteiger partial charge in [-0.25, -0.2) is 0 Å². The molecule has 0 bridgehead atoms. The molecular weight excluding hydrogens is 486 g/mol. The summed E-state index contributed by atoms with van der Waals surface area (Å²) in [7, 11) is 9.86. The summed E-state index contributed by atoms with van der Waals surface area (Å²) in [5, 5.41) is 7.27. The van der Waals surface area contributed by atoms with Crippen molar-refractivity contribution in [1.29, 1.82) is 0 Å². The van der Waals surface area contributed by atoms with Crippen molar-refractivity contribution in [3.8, 4) is 0 Å². The van der Waals surface area contributed by atoms with Gasteiger partial charge in [-0.2, -0.15) is 18.2 Å². The molecule has 0 aliphatic heterocycles. The van der Waals surface area contributed by atoms with Gasteiger partial charge < -0.3 is 0 Å². The Morgan fingerprint density at radius 3 is 2.09 bits per heavy atom. The number of benzene rings is 2. The van der Waals surface area contributed by atoms with Crippen molar-refractivity contribution in [3.63, 3.8) is 0 Å². The fourth-order valence-electron chi connectivity index (χ4n) is 3.92. The Kier molecular flexibility index (Phi) is 13.2. The van der Waals surface area contributed by atoms with Crippen LogP contribution in [0.5, 0.6) is 0 Å². The summed E-state index contributed by atoms with van der Waals surface area (Å²) < 4.78 is 0. The number of fused-ring (bicyclic) bond motifs is 2. The van der Waals surface area contributed by atoms with Gasteiger partial charge in [0, 0.05) is 0 Å². The van der Waals surface area contributed by atoms with Crippen LogP contribution < -0.4 is 5.30 Å². The fraction of sp³-hybridized carbons (Fsp3) is 0.357. The van der Waals surface area contributed by atoms with Gasteiger partial charge in [0.15, 0.2) is 0 Å². The van der Waals surface area contributed by atoms with Gasteiger partial charge in [0.1, 0.15) is 0 Å². The van der Waals surface area contributed by atoms with Gasteiger partial charge in [0.05, 0.1) is 0 Å². The first-order chi connectivity index (χ1) is 15.5. The number of hydrogen-bond donors (Lipinski definition) is 0. The average Bonchev–Trinajstić information content (AvgIpc) is 3.45. The Morgan fingerprint density at radius 2 is 1.50 bits per heavy atom. The Labute approximate surface area is 212 Å². The maximum absolute atomic E-state index is 4.89. The van der Waals surface area contributed by atoms with Crippen molar-refractivity contribution >= 4 is 53.4 Å². The molecular formula is C28H35Cl2PTi-2. The van der Waals surface area contributed by atoms with Gasteiger partial charge in [-0.15, -0.1) is 68.8 Å². The summed E-state index contributed by atoms with van der Waals surface area (Å²) in [5.74, 6) is 0. The van der Waals surface area contributed by atoms with Crippen LogP contribution >= 0.6 is 26.5 Å². The van der Waals surface area contributed by atoms with Crippen LogP contribution in [0.2, 0.25) is 0 Å². The quantitative estimate of drug-likeness (QED) is 0.129. The normalized spacial score (nSPS) is 10.6.